The Labute approximate surface area is 123 Å². The number of benzene rings is 1. The molecule has 0 aliphatic carbocycles. The van der Waals surface area contributed by atoms with Crippen LogP contribution in [-0.4, -0.2) is 37.6 Å². The van der Waals surface area contributed by atoms with Crippen molar-refractivity contribution >= 4 is 17.5 Å². The minimum atomic E-state index is -0.333. The zero-order valence-corrected chi connectivity index (χ0v) is 11.7. The number of hydrogen-bond donors (Lipinski definition) is 3. The lowest BCUT2D eigenvalue weighted by Crippen LogP contribution is -2.37. The second kappa shape index (κ2) is 7.01. The summed E-state index contributed by atoms with van der Waals surface area (Å²) in [6.07, 6.45) is 1.61. The van der Waals surface area contributed by atoms with Crippen LogP contribution in [0.2, 0.25) is 0 Å². The van der Waals surface area contributed by atoms with E-state index in [2.05, 4.69) is 17.2 Å². The molecule has 0 saturated carbocycles. The molecule has 2 unspecified atom stereocenters. The van der Waals surface area contributed by atoms with E-state index >= 15 is 0 Å². The third kappa shape index (κ3) is 3.90. The van der Waals surface area contributed by atoms with Crippen molar-refractivity contribution in [3.05, 3.63) is 42.5 Å². The van der Waals surface area contributed by atoms with Crippen molar-refractivity contribution in [2.24, 2.45) is 11.7 Å². The van der Waals surface area contributed by atoms with Crippen LogP contribution in [0.25, 0.3) is 0 Å². The van der Waals surface area contributed by atoms with Crippen molar-refractivity contribution in [1.29, 1.82) is 0 Å². The van der Waals surface area contributed by atoms with E-state index in [0.717, 1.165) is 0 Å². The number of ether oxygens (including phenoxy) is 1. The van der Waals surface area contributed by atoms with Crippen molar-refractivity contribution < 1.29 is 14.3 Å². The van der Waals surface area contributed by atoms with Gasteiger partial charge in [-0.2, -0.15) is 0 Å². The van der Waals surface area contributed by atoms with E-state index in [0.29, 0.717) is 31.0 Å². The van der Waals surface area contributed by atoms with Gasteiger partial charge in [0.05, 0.1) is 19.1 Å². The molecule has 112 valence electrons. The van der Waals surface area contributed by atoms with Crippen LogP contribution in [0.1, 0.15) is 10.4 Å². The Bertz CT molecular complexity index is 527. The zero-order chi connectivity index (χ0) is 15.2. The summed E-state index contributed by atoms with van der Waals surface area (Å²) < 4.78 is 5.17. The lowest BCUT2D eigenvalue weighted by atomic mass is 10.0. The Balaban J connectivity index is 1.94. The predicted octanol–water partition coefficient (Wildman–Crippen LogP) is 0.515. The molecule has 1 heterocycles. The minimum Gasteiger partial charge on any atom is -0.379 e. The fourth-order valence-corrected chi connectivity index (χ4v) is 2.05. The molecule has 1 aliphatic rings. The molecule has 2 rings (SSSR count). The minimum absolute atomic E-state index is 0.163. The van der Waals surface area contributed by atoms with Crippen molar-refractivity contribution in [3.63, 3.8) is 0 Å². The standard InChI is InChI=1S/C15H19N3O3/c1-2-7-17-14(19)10-3-5-11(6-4-10)18-15(20)12-8-21-9-13(12)16/h2-6,12-13H,1,7-9,16H2,(H,17,19)(H,18,20). The van der Waals surface area contributed by atoms with Gasteiger partial charge in [0.25, 0.3) is 5.91 Å². The van der Waals surface area contributed by atoms with E-state index in [4.69, 9.17) is 10.5 Å². The Hall–Kier alpha value is -2.18. The van der Waals surface area contributed by atoms with E-state index in [-0.39, 0.29) is 23.8 Å². The van der Waals surface area contributed by atoms with Crippen LogP contribution < -0.4 is 16.4 Å². The highest BCUT2D eigenvalue weighted by Crippen LogP contribution is 2.16. The summed E-state index contributed by atoms with van der Waals surface area (Å²) in [5.41, 5.74) is 6.95. The highest BCUT2D eigenvalue weighted by Gasteiger charge is 2.31. The van der Waals surface area contributed by atoms with Gasteiger partial charge in [0.15, 0.2) is 0 Å². The van der Waals surface area contributed by atoms with E-state index < -0.39 is 0 Å². The Morgan fingerprint density at radius 1 is 1.33 bits per heavy atom. The first-order chi connectivity index (χ1) is 10.1. The Morgan fingerprint density at radius 3 is 2.62 bits per heavy atom. The van der Waals surface area contributed by atoms with E-state index in [1.165, 1.54) is 0 Å². The summed E-state index contributed by atoms with van der Waals surface area (Å²) in [4.78, 5) is 23.7. The number of nitrogens with one attached hydrogen (secondary N) is 2. The molecule has 1 saturated heterocycles. The first-order valence-corrected chi connectivity index (χ1v) is 6.75. The van der Waals surface area contributed by atoms with E-state index in [1.807, 2.05) is 0 Å². The molecule has 1 aliphatic heterocycles. The largest absolute Gasteiger partial charge is 0.379 e. The highest BCUT2D eigenvalue weighted by molar-refractivity contribution is 5.96. The smallest absolute Gasteiger partial charge is 0.251 e. The number of hydrogen-bond acceptors (Lipinski definition) is 4. The molecule has 4 N–H and O–H groups in total. The van der Waals surface area contributed by atoms with Crippen molar-refractivity contribution in [2.75, 3.05) is 25.1 Å². The first-order valence-electron chi connectivity index (χ1n) is 6.75. The molecule has 0 spiro atoms. The molecule has 0 bridgehead atoms. The lowest BCUT2D eigenvalue weighted by molar-refractivity contribution is -0.120. The molecule has 0 aromatic heterocycles. The number of carbonyl (C=O) groups is 2. The summed E-state index contributed by atoms with van der Waals surface area (Å²) in [6.45, 7) is 4.69. The number of anilines is 1. The predicted molar refractivity (Wildman–Crippen MR) is 79.9 cm³/mol. The van der Waals surface area contributed by atoms with Crippen molar-refractivity contribution in [1.82, 2.24) is 5.32 Å². The topological polar surface area (TPSA) is 93.5 Å². The number of carbonyl (C=O) groups excluding carboxylic acids is 2. The third-order valence-electron chi connectivity index (χ3n) is 3.28. The van der Waals surface area contributed by atoms with Gasteiger partial charge >= 0.3 is 0 Å². The Kier molecular flexibility index (Phi) is 5.08. The molecule has 21 heavy (non-hydrogen) atoms. The normalized spacial score (nSPS) is 20.8. The second-order valence-electron chi connectivity index (χ2n) is 4.87. The maximum atomic E-state index is 12.0. The molecule has 2 atom stereocenters. The Morgan fingerprint density at radius 2 is 2.05 bits per heavy atom. The maximum Gasteiger partial charge on any atom is 0.251 e. The number of rotatable bonds is 5. The number of amides is 2. The fourth-order valence-electron chi connectivity index (χ4n) is 2.05. The van der Waals surface area contributed by atoms with Gasteiger partial charge in [0.1, 0.15) is 0 Å². The van der Waals surface area contributed by atoms with Crippen LogP contribution in [0.3, 0.4) is 0 Å². The average Bonchev–Trinajstić information content (AvgIpc) is 2.91. The second-order valence-corrected chi connectivity index (χ2v) is 4.87. The van der Waals surface area contributed by atoms with Crippen LogP contribution in [0, 0.1) is 5.92 Å². The fraction of sp³-hybridized carbons (Fsp3) is 0.333. The lowest BCUT2D eigenvalue weighted by Gasteiger charge is -2.13. The van der Waals surface area contributed by atoms with Gasteiger partial charge in [-0.1, -0.05) is 6.08 Å². The van der Waals surface area contributed by atoms with E-state index in [9.17, 15) is 9.59 Å². The quantitative estimate of drug-likeness (QED) is 0.689. The van der Waals surface area contributed by atoms with E-state index in [1.54, 1.807) is 30.3 Å². The molecular formula is C15H19N3O3. The summed E-state index contributed by atoms with van der Waals surface area (Å²) >= 11 is 0. The monoisotopic (exact) mass is 289 g/mol. The molecule has 1 fully saturated rings. The molecule has 6 heteroatoms. The SMILES string of the molecule is C=CCNC(=O)c1ccc(NC(=O)C2COCC2N)cc1. The molecule has 1 aromatic rings. The van der Waals surface area contributed by atoms with Gasteiger partial charge in [-0.05, 0) is 24.3 Å². The zero-order valence-electron chi connectivity index (χ0n) is 11.7. The summed E-state index contributed by atoms with van der Waals surface area (Å²) in [6, 6.07) is 6.40. The van der Waals surface area contributed by atoms with Gasteiger partial charge in [-0.3, -0.25) is 9.59 Å². The third-order valence-corrected chi connectivity index (χ3v) is 3.28. The molecule has 6 nitrogen and oxygen atoms in total. The molecule has 0 radical (unpaired) electrons. The van der Waals surface area contributed by atoms with Crippen LogP contribution in [0.5, 0.6) is 0 Å². The van der Waals surface area contributed by atoms with Gasteiger partial charge in [0.2, 0.25) is 5.91 Å². The van der Waals surface area contributed by atoms with Crippen LogP contribution >= 0.6 is 0 Å². The van der Waals surface area contributed by atoms with Gasteiger partial charge in [-0.15, -0.1) is 6.58 Å². The van der Waals surface area contributed by atoms with Gasteiger partial charge < -0.3 is 21.1 Å². The molecule has 2 amide bonds. The summed E-state index contributed by atoms with van der Waals surface area (Å²) in [5, 5.41) is 5.46. The first kappa shape index (κ1) is 15.2. The van der Waals surface area contributed by atoms with Crippen LogP contribution in [0.4, 0.5) is 5.69 Å². The molecular weight excluding hydrogens is 270 g/mol. The van der Waals surface area contributed by atoms with Crippen molar-refractivity contribution in [2.45, 2.75) is 6.04 Å². The van der Waals surface area contributed by atoms with Crippen molar-refractivity contribution in [3.8, 4) is 0 Å². The van der Waals surface area contributed by atoms with Crippen LogP contribution in [0.15, 0.2) is 36.9 Å². The maximum absolute atomic E-state index is 12.0. The highest BCUT2D eigenvalue weighted by atomic mass is 16.5. The van der Waals surface area contributed by atoms with Gasteiger partial charge in [0, 0.05) is 23.8 Å². The number of nitrogens with two attached hydrogens (primary N) is 1. The molecule has 1 aromatic carbocycles. The van der Waals surface area contributed by atoms with Crippen LogP contribution in [-0.2, 0) is 9.53 Å². The summed E-state index contributed by atoms with van der Waals surface area (Å²) in [7, 11) is 0. The van der Waals surface area contributed by atoms with Gasteiger partial charge in [-0.25, -0.2) is 0 Å². The summed E-state index contributed by atoms with van der Waals surface area (Å²) in [5.74, 6) is -0.677. The average molecular weight is 289 g/mol.